The predicted molar refractivity (Wildman–Crippen MR) is 77.8 cm³/mol. The normalized spacial score (nSPS) is 24.2. The molecule has 0 aliphatic heterocycles. The zero-order chi connectivity index (χ0) is 13.0. The highest BCUT2D eigenvalue weighted by atomic mass is 35.5. The van der Waals surface area contributed by atoms with Crippen LogP contribution in [0.4, 0.5) is 4.39 Å². The maximum absolute atomic E-state index is 13.1. The molecule has 4 heteroatoms. The lowest BCUT2D eigenvalue weighted by Crippen LogP contribution is -2.34. The standard InChI is InChI=1S/C14H19ClFNS/c1-18-13-4-2-3-12(8-13)17-9-10-7-11(16)5-6-14(10)15/h5-7,12-13,17H,2-4,8-9H2,1H3. The molecule has 0 saturated heterocycles. The largest absolute Gasteiger partial charge is 0.310 e. The summed E-state index contributed by atoms with van der Waals surface area (Å²) in [4.78, 5) is 0. The summed E-state index contributed by atoms with van der Waals surface area (Å²) < 4.78 is 13.1. The summed E-state index contributed by atoms with van der Waals surface area (Å²) in [5, 5.41) is 4.91. The van der Waals surface area contributed by atoms with Gasteiger partial charge in [-0.1, -0.05) is 18.0 Å². The Bertz CT molecular complexity index is 399. The molecule has 0 bridgehead atoms. The minimum Gasteiger partial charge on any atom is -0.310 e. The van der Waals surface area contributed by atoms with E-state index < -0.39 is 0 Å². The second kappa shape index (κ2) is 6.78. The Morgan fingerprint density at radius 2 is 2.28 bits per heavy atom. The first kappa shape index (κ1) is 14.2. The van der Waals surface area contributed by atoms with Crippen molar-refractivity contribution in [1.29, 1.82) is 0 Å². The molecule has 1 nitrogen and oxygen atoms in total. The van der Waals surface area contributed by atoms with Gasteiger partial charge in [-0.15, -0.1) is 0 Å². The monoisotopic (exact) mass is 287 g/mol. The zero-order valence-electron chi connectivity index (χ0n) is 10.6. The molecule has 0 spiro atoms. The van der Waals surface area contributed by atoms with Crippen LogP contribution in [0.2, 0.25) is 5.02 Å². The molecule has 0 aromatic heterocycles. The molecular formula is C14H19ClFNS. The van der Waals surface area contributed by atoms with Crippen molar-refractivity contribution in [2.75, 3.05) is 6.26 Å². The van der Waals surface area contributed by atoms with Crippen LogP contribution in [0.1, 0.15) is 31.2 Å². The Balaban J connectivity index is 1.89. The van der Waals surface area contributed by atoms with Crippen LogP contribution < -0.4 is 5.32 Å². The molecule has 0 radical (unpaired) electrons. The maximum Gasteiger partial charge on any atom is 0.123 e. The van der Waals surface area contributed by atoms with E-state index in [2.05, 4.69) is 11.6 Å². The Morgan fingerprint density at radius 1 is 1.44 bits per heavy atom. The van der Waals surface area contributed by atoms with Gasteiger partial charge in [-0.3, -0.25) is 0 Å². The van der Waals surface area contributed by atoms with Gasteiger partial charge in [0, 0.05) is 22.9 Å². The van der Waals surface area contributed by atoms with Gasteiger partial charge < -0.3 is 5.32 Å². The van der Waals surface area contributed by atoms with E-state index in [0.717, 1.165) is 10.8 Å². The second-order valence-corrected chi connectivity index (χ2v) is 6.38. The third-order valence-corrected chi connectivity index (χ3v) is 5.01. The summed E-state index contributed by atoms with van der Waals surface area (Å²) >= 11 is 8.01. The zero-order valence-corrected chi connectivity index (χ0v) is 12.2. The maximum atomic E-state index is 13.1. The fourth-order valence-corrected chi connectivity index (χ4v) is 3.49. The third kappa shape index (κ3) is 3.87. The van der Waals surface area contributed by atoms with Crippen molar-refractivity contribution in [2.24, 2.45) is 0 Å². The molecule has 1 aromatic carbocycles. The van der Waals surface area contributed by atoms with Crippen molar-refractivity contribution in [3.8, 4) is 0 Å². The van der Waals surface area contributed by atoms with E-state index in [1.54, 1.807) is 6.07 Å². The van der Waals surface area contributed by atoms with Gasteiger partial charge in [-0.25, -0.2) is 4.39 Å². The average molecular weight is 288 g/mol. The van der Waals surface area contributed by atoms with Gasteiger partial charge >= 0.3 is 0 Å². The molecule has 1 aliphatic rings. The topological polar surface area (TPSA) is 12.0 Å². The van der Waals surface area contributed by atoms with Crippen molar-refractivity contribution in [3.63, 3.8) is 0 Å². The first-order valence-corrected chi connectivity index (χ1v) is 8.05. The van der Waals surface area contributed by atoms with E-state index in [1.165, 1.54) is 37.8 Å². The van der Waals surface area contributed by atoms with Gasteiger partial charge in [0.15, 0.2) is 0 Å². The van der Waals surface area contributed by atoms with Gasteiger partial charge in [0.2, 0.25) is 0 Å². The molecule has 18 heavy (non-hydrogen) atoms. The van der Waals surface area contributed by atoms with Crippen LogP contribution in [0.5, 0.6) is 0 Å². The molecule has 2 atom stereocenters. The summed E-state index contributed by atoms with van der Waals surface area (Å²) in [5.41, 5.74) is 0.850. The second-order valence-electron chi connectivity index (χ2n) is 4.84. The van der Waals surface area contributed by atoms with Crippen LogP contribution in [0.25, 0.3) is 0 Å². The van der Waals surface area contributed by atoms with Crippen LogP contribution in [0.15, 0.2) is 18.2 Å². The van der Waals surface area contributed by atoms with Gasteiger partial charge in [-0.05, 0) is 49.3 Å². The van der Waals surface area contributed by atoms with Crippen LogP contribution >= 0.6 is 23.4 Å². The molecule has 0 amide bonds. The first-order chi connectivity index (χ1) is 8.69. The highest BCUT2D eigenvalue weighted by Gasteiger charge is 2.20. The van der Waals surface area contributed by atoms with Gasteiger partial charge in [0.1, 0.15) is 5.82 Å². The Kier molecular flexibility index (Phi) is 5.34. The van der Waals surface area contributed by atoms with E-state index in [4.69, 9.17) is 11.6 Å². The Labute approximate surface area is 117 Å². The molecule has 2 unspecified atom stereocenters. The van der Waals surface area contributed by atoms with Crippen LogP contribution in [0, 0.1) is 5.82 Å². The molecule has 1 aromatic rings. The van der Waals surface area contributed by atoms with Gasteiger partial charge in [-0.2, -0.15) is 11.8 Å². The lowest BCUT2D eigenvalue weighted by atomic mass is 9.95. The molecule has 1 aliphatic carbocycles. The van der Waals surface area contributed by atoms with Crippen molar-refractivity contribution in [2.45, 2.75) is 43.5 Å². The molecule has 1 fully saturated rings. The summed E-state index contributed by atoms with van der Waals surface area (Å²) in [7, 11) is 0. The average Bonchev–Trinajstić information content (AvgIpc) is 2.40. The number of halogens is 2. The van der Waals surface area contributed by atoms with E-state index in [-0.39, 0.29) is 5.82 Å². The molecule has 0 heterocycles. The lowest BCUT2D eigenvalue weighted by molar-refractivity contribution is 0.379. The third-order valence-electron chi connectivity index (χ3n) is 3.55. The summed E-state index contributed by atoms with van der Waals surface area (Å²) in [6.45, 7) is 0.655. The van der Waals surface area contributed by atoms with E-state index in [9.17, 15) is 4.39 Å². The number of nitrogens with one attached hydrogen (secondary N) is 1. The van der Waals surface area contributed by atoms with Gasteiger partial charge in [0.05, 0.1) is 0 Å². The highest BCUT2D eigenvalue weighted by molar-refractivity contribution is 7.99. The molecular weight excluding hydrogens is 269 g/mol. The summed E-state index contributed by atoms with van der Waals surface area (Å²) in [6.07, 6.45) is 7.19. The lowest BCUT2D eigenvalue weighted by Gasteiger charge is -2.29. The fraction of sp³-hybridized carbons (Fsp3) is 0.571. The molecule has 2 rings (SSSR count). The van der Waals surface area contributed by atoms with Crippen LogP contribution in [-0.2, 0) is 6.54 Å². The van der Waals surface area contributed by atoms with Crippen molar-refractivity contribution in [1.82, 2.24) is 5.32 Å². The minimum absolute atomic E-state index is 0.221. The Morgan fingerprint density at radius 3 is 3.06 bits per heavy atom. The quantitative estimate of drug-likeness (QED) is 0.889. The van der Waals surface area contributed by atoms with Crippen LogP contribution in [0.3, 0.4) is 0 Å². The van der Waals surface area contributed by atoms with E-state index in [1.807, 2.05) is 11.8 Å². The van der Waals surface area contributed by atoms with Crippen molar-refractivity contribution < 1.29 is 4.39 Å². The van der Waals surface area contributed by atoms with Gasteiger partial charge in [0.25, 0.3) is 0 Å². The van der Waals surface area contributed by atoms with Crippen molar-refractivity contribution >= 4 is 23.4 Å². The summed E-state index contributed by atoms with van der Waals surface area (Å²) in [5.74, 6) is -0.221. The molecule has 1 N–H and O–H groups in total. The van der Waals surface area contributed by atoms with E-state index >= 15 is 0 Å². The molecule has 1 saturated carbocycles. The SMILES string of the molecule is CSC1CCCC(NCc2cc(F)ccc2Cl)C1. The first-order valence-electron chi connectivity index (χ1n) is 6.39. The van der Waals surface area contributed by atoms with Crippen molar-refractivity contribution in [3.05, 3.63) is 34.6 Å². The van der Waals surface area contributed by atoms with E-state index in [0.29, 0.717) is 17.6 Å². The van der Waals surface area contributed by atoms with Crippen LogP contribution in [-0.4, -0.2) is 17.5 Å². The summed E-state index contributed by atoms with van der Waals surface area (Å²) in [6, 6.07) is 5.08. The number of rotatable bonds is 4. The smallest absolute Gasteiger partial charge is 0.123 e. The number of hydrogen-bond donors (Lipinski definition) is 1. The number of hydrogen-bond acceptors (Lipinski definition) is 2. The predicted octanol–water partition coefficient (Wildman–Crippen LogP) is 4.24. The Hall–Kier alpha value is -0.250. The fourth-order valence-electron chi connectivity index (χ4n) is 2.48. The number of benzene rings is 1. The minimum atomic E-state index is -0.221. The number of thioether (sulfide) groups is 1. The molecule has 100 valence electrons. The highest BCUT2D eigenvalue weighted by Crippen LogP contribution is 2.27.